The van der Waals surface area contributed by atoms with Gasteiger partial charge in [-0.3, -0.25) is 29.0 Å². The van der Waals surface area contributed by atoms with Gasteiger partial charge in [-0.1, -0.05) is 0 Å². The molecule has 2 heterocycles. The van der Waals surface area contributed by atoms with E-state index in [1.165, 1.54) is 27.9 Å². The van der Waals surface area contributed by atoms with Crippen molar-refractivity contribution < 1.29 is 28.7 Å². The molecule has 0 N–H and O–H groups in total. The molecule has 4 amide bonds. The van der Waals surface area contributed by atoms with E-state index in [1.807, 2.05) is 0 Å². The summed E-state index contributed by atoms with van der Waals surface area (Å²) in [6, 6.07) is 0. The van der Waals surface area contributed by atoms with Crippen LogP contribution in [-0.4, -0.2) is 54.0 Å². The molecule has 0 unspecified atom stereocenters. The number of hydrogen-bond donors (Lipinski definition) is 0. The number of carbonyl (C=O) groups excluding carboxylic acids is 4. The molecular formula is C14H16N2O6. The predicted molar refractivity (Wildman–Crippen MR) is 72.6 cm³/mol. The molecule has 0 spiro atoms. The molecule has 2 aliphatic rings. The summed E-state index contributed by atoms with van der Waals surface area (Å²) in [6.07, 6.45) is 0. The van der Waals surface area contributed by atoms with Gasteiger partial charge in [-0.25, -0.2) is 0 Å². The molecule has 0 saturated heterocycles. The van der Waals surface area contributed by atoms with Crippen molar-refractivity contribution >= 4 is 23.6 Å². The molecule has 0 atom stereocenters. The van der Waals surface area contributed by atoms with Gasteiger partial charge in [-0.2, -0.15) is 0 Å². The Labute approximate surface area is 126 Å². The summed E-state index contributed by atoms with van der Waals surface area (Å²) in [4.78, 5) is 50.0. The van der Waals surface area contributed by atoms with Gasteiger partial charge in [0, 0.05) is 18.3 Å². The maximum Gasteiger partial charge on any atom is 0.297 e. The maximum absolute atomic E-state index is 12.2. The average Bonchev–Trinajstić information content (AvgIpc) is 2.80. The van der Waals surface area contributed by atoms with Gasteiger partial charge in [0.25, 0.3) is 23.6 Å². The van der Waals surface area contributed by atoms with E-state index in [9.17, 15) is 19.2 Å². The van der Waals surface area contributed by atoms with Gasteiger partial charge >= 0.3 is 0 Å². The standard InChI is InChI=1S/C14H16N2O6/c1-7-8(2)12(18)15(11(7)17)5-16-13(19)9(3)10(14(16)20)22-6-21-4/h5-6H2,1-4H3. The van der Waals surface area contributed by atoms with Crippen LogP contribution in [0.2, 0.25) is 0 Å². The van der Waals surface area contributed by atoms with Gasteiger partial charge in [-0.15, -0.1) is 0 Å². The number of hydrogen-bond acceptors (Lipinski definition) is 6. The van der Waals surface area contributed by atoms with Crippen LogP contribution in [0.1, 0.15) is 20.8 Å². The highest BCUT2D eigenvalue weighted by molar-refractivity contribution is 6.21. The fourth-order valence-corrected chi connectivity index (χ4v) is 2.18. The third-order valence-corrected chi connectivity index (χ3v) is 3.64. The normalized spacial score (nSPS) is 19.3. The van der Waals surface area contributed by atoms with Crippen molar-refractivity contribution in [1.29, 1.82) is 0 Å². The van der Waals surface area contributed by atoms with Crippen LogP contribution in [0.15, 0.2) is 22.5 Å². The molecule has 0 aliphatic carbocycles. The van der Waals surface area contributed by atoms with Crippen LogP contribution in [0.5, 0.6) is 0 Å². The maximum atomic E-state index is 12.2. The van der Waals surface area contributed by atoms with Crippen LogP contribution in [0.3, 0.4) is 0 Å². The van der Waals surface area contributed by atoms with Crippen LogP contribution < -0.4 is 0 Å². The first-order valence-electron chi connectivity index (χ1n) is 6.53. The molecule has 2 aliphatic heterocycles. The number of rotatable bonds is 5. The Morgan fingerprint density at radius 2 is 1.23 bits per heavy atom. The minimum Gasteiger partial charge on any atom is -0.461 e. The zero-order chi connectivity index (χ0) is 16.6. The summed E-state index contributed by atoms with van der Waals surface area (Å²) >= 11 is 0. The number of methoxy groups -OCH3 is 1. The van der Waals surface area contributed by atoms with Crippen molar-refractivity contribution in [2.24, 2.45) is 0 Å². The second-order valence-electron chi connectivity index (χ2n) is 4.97. The first-order chi connectivity index (χ1) is 10.3. The second-order valence-corrected chi connectivity index (χ2v) is 4.97. The van der Waals surface area contributed by atoms with E-state index in [4.69, 9.17) is 9.47 Å². The van der Waals surface area contributed by atoms with Crippen LogP contribution in [0.4, 0.5) is 0 Å². The second kappa shape index (κ2) is 5.72. The molecule has 0 fully saturated rings. The Morgan fingerprint density at radius 1 is 0.773 bits per heavy atom. The van der Waals surface area contributed by atoms with Gasteiger partial charge < -0.3 is 9.47 Å². The predicted octanol–water partition coefficient (Wildman–Crippen LogP) is -0.0876. The lowest BCUT2D eigenvalue weighted by Crippen LogP contribution is -2.45. The monoisotopic (exact) mass is 308 g/mol. The minimum atomic E-state index is -0.692. The van der Waals surface area contributed by atoms with E-state index in [0.717, 1.165) is 9.80 Å². The van der Waals surface area contributed by atoms with E-state index in [1.54, 1.807) is 0 Å². The lowest BCUT2D eigenvalue weighted by Gasteiger charge is -2.21. The number of imide groups is 2. The summed E-state index contributed by atoms with van der Waals surface area (Å²) in [5.74, 6) is -2.44. The number of carbonyl (C=O) groups is 4. The number of nitrogens with zero attached hydrogens (tertiary/aromatic N) is 2. The van der Waals surface area contributed by atoms with Crippen molar-refractivity contribution in [3.63, 3.8) is 0 Å². The highest BCUT2D eigenvalue weighted by Crippen LogP contribution is 2.25. The molecule has 8 nitrogen and oxygen atoms in total. The quantitative estimate of drug-likeness (QED) is 0.520. The zero-order valence-electron chi connectivity index (χ0n) is 12.8. The van der Waals surface area contributed by atoms with E-state index in [-0.39, 0.29) is 18.1 Å². The topological polar surface area (TPSA) is 93.2 Å². The van der Waals surface area contributed by atoms with E-state index < -0.39 is 30.3 Å². The SMILES string of the molecule is COCOC1=C(C)C(=O)N(CN2C(=O)C(C)=C(C)C2=O)C1=O. The van der Waals surface area contributed by atoms with Gasteiger partial charge in [0.1, 0.15) is 6.67 Å². The van der Waals surface area contributed by atoms with Crippen molar-refractivity contribution in [2.75, 3.05) is 20.6 Å². The van der Waals surface area contributed by atoms with Gasteiger partial charge in [0.15, 0.2) is 12.6 Å². The number of ether oxygens (including phenoxy) is 2. The van der Waals surface area contributed by atoms with Gasteiger partial charge in [0.2, 0.25) is 0 Å². The van der Waals surface area contributed by atoms with E-state index in [2.05, 4.69) is 0 Å². The van der Waals surface area contributed by atoms with Crippen LogP contribution in [0, 0.1) is 0 Å². The summed E-state index contributed by atoms with van der Waals surface area (Å²) in [5, 5.41) is 0. The average molecular weight is 308 g/mol. The lowest BCUT2D eigenvalue weighted by molar-refractivity contribution is -0.147. The molecule has 0 aromatic rings. The molecule has 2 rings (SSSR count). The minimum absolute atomic E-state index is 0.113. The highest BCUT2D eigenvalue weighted by atomic mass is 16.7. The Balaban J connectivity index is 2.17. The molecule has 8 heteroatoms. The summed E-state index contributed by atoms with van der Waals surface area (Å²) < 4.78 is 9.79. The Kier molecular flexibility index (Phi) is 4.14. The lowest BCUT2D eigenvalue weighted by atomic mass is 10.2. The molecule has 0 aromatic carbocycles. The van der Waals surface area contributed by atoms with E-state index >= 15 is 0 Å². The molecule has 0 aromatic heterocycles. The molecule has 118 valence electrons. The fraction of sp³-hybridized carbons (Fsp3) is 0.429. The van der Waals surface area contributed by atoms with Crippen LogP contribution in [-0.2, 0) is 28.7 Å². The fourth-order valence-electron chi connectivity index (χ4n) is 2.18. The third-order valence-electron chi connectivity index (χ3n) is 3.64. The Hall–Kier alpha value is -2.48. The van der Waals surface area contributed by atoms with Crippen LogP contribution >= 0.6 is 0 Å². The van der Waals surface area contributed by atoms with Crippen molar-refractivity contribution in [2.45, 2.75) is 20.8 Å². The van der Waals surface area contributed by atoms with Gasteiger partial charge in [0.05, 0.1) is 5.57 Å². The Bertz CT molecular complexity index is 622. The highest BCUT2D eigenvalue weighted by Gasteiger charge is 2.42. The third kappa shape index (κ3) is 2.31. The van der Waals surface area contributed by atoms with Crippen molar-refractivity contribution in [3.05, 3.63) is 22.5 Å². The Morgan fingerprint density at radius 3 is 1.73 bits per heavy atom. The first-order valence-corrected chi connectivity index (χ1v) is 6.53. The van der Waals surface area contributed by atoms with Gasteiger partial charge in [-0.05, 0) is 20.8 Å². The number of amides is 4. The molecule has 0 radical (unpaired) electrons. The molecule has 0 bridgehead atoms. The smallest absolute Gasteiger partial charge is 0.297 e. The molecular weight excluding hydrogens is 292 g/mol. The van der Waals surface area contributed by atoms with Crippen molar-refractivity contribution in [1.82, 2.24) is 9.80 Å². The van der Waals surface area contributed by atoms with Crippen LogP contribution in [0.25, 0.3) is 0 Å². The molecule has 0 saturated carbocycles. The largest absolute Gasteiger partial charge is 0.461 e. The summed E-state index contributed by atoms with van der Waals surface area (Å²) in [5.41, 5.74) is 0.733. The first kappa shape index (κ1) is 15.9. The summed E-state index contributed by atoms with van der Waals surface area (Å²) in [6.45, 7) is 3.88. The zero-order valence-corrected chi connectivity index (χ0v) is 12.8. The summed E-state index contributed by atoms with van der Waals surface area (Å²) in [7, 11) is 1.38. The molecule has 22 heavy (non-hydrogen) atoms. The van der Waals surface area contributed by atoms with E-state index in [0.29, 0.717) is 11.1 Å². The van der Waals surface area contributed by atoms with Crippen molar-refractivity contribution in [3.8, 4) is 0 Å².